The van der Waals surface area contributed by atoms with Gasteiger partial charge in [-0.3, -0.25) is 4.90 Å². The zero-order chi connectivity index (χ0) is 15.2. The second-order valence-electron chi connectivity index (χ2n) is 5.48. The Balaban J connectivity index is 2.17. The first-order valence-corrected chi connectivity index (χ1v) is 7.25. The van der Waals surface area contributed by atoms with Gasteiger partial charge in [-0.1, -0.05) is 42.5 Å². The van der Waals surface area contributed by atoms with Gasteiger partial charge in [-0.05, 0) is 37.2 Å². The zero-order valence-corrected chi connectivity index (χ0v) is 13.0. The van der Waals surface area contributed by atoms with Crippen molar-refractivity contribution in [3.8, 4) is 5.75 Å². The van der Waals surface area contributed by atoms with Crippen molar-refractivity contribution in [2.24, 2.45) is 5.73 Å². The minimum atomic E-state index is 0.0482. The van der Waals surface area contributed by atoms with Gasteiger partial charge in [0.1, 0.15) is 5.75 Å². The SMILES string of the molecule is COc1ccc(C(C(C)N)N(C)Cc2ccccc2)cc1. The van der Waals surface area contributed by atoms with E-state index in [0.717, 1.165) is 12.3 Å². The van der Waals surface area contributed by atoms with E-state index in [1.165, 1.54) is 11.1 Å². The summed E-state index contributed by atoms with van der Waals surface area (Å²) in [6, 6.07) is 18.8. The van der Waals surface area contributed by atoms with Crippen LogP contribution in [0.1, 0.15) is 24.1 Å². The molecular formula is C18H24N2O. The van der Waals surface area contributed by atoms with Gasteiger partial charge in [0.25, 0.3) is 0 Å². The molecule has 0 radical (unpaired) electrons. The molecule has 0 aliphatic rings. The van der Waals surface area contributed by atoms with E-state index in [1.807, 2.05) is 18.2 Å². The molecule has 2 N–H and O–H groups in total. The number of benzene rings is 2. The molecule has 0 fully saturated rings. The average molecular weight is 284 g/mol. The molecule has 0 saturated carbocycles. The van der Waals surface area contributed by atoms with Crippen LogP contribution >= 0.6 is 0 Å². The molecule has 2 aromatic rings. The number of likely N-dealkylation sites (N-methyl/N-ethyl adjacent to an activating group) is 1. The molecule has 2 unspecified atom stereocenters. The van der Waals surface area contributed by atoms with Crippen molar-refractivity contribution in [2.45, 2.75) is 25.6 Å². The molecule has 21 heavy (non-hydrogen) atoms. The van der Waals surface area contributed by atoms with E-state index in [1.54, 1.807) is 7.11 Å². The van der Waals surface area contributed by atoms with Gasteiger partial charge in [0.2, 0.25) is 0 Å². The Bertz CT molecular complexity index is 537. The molecule has 0 bridgehead atoms. The van der Waals surface area contributed by atoms with Crippen LogP contribution in [0.4, 0.5) is 0 Å². The van der Waals surface area contributed by atoms with Gasteiger partial charge in [-0.25, -0.2) is 0 Å². The molecule has 0 amide bonds. The molecule has 0 aliphatic carbocycles. The zero-order valence-electron chi connectivity index (χ0n) is 13.0. The minimum Gasteiger partial charge on any atom is -0.497 e. The lowest BCUT2D eigenvalue weighted by atomic mass is 9.99. The maximum atomic E-state index is 6.22. The van der Waals surface area contributed by atoms with E-state index in [0.29, 0.717) is 0 Å². The molecular weight excluding hydrogens is 260 g/mol. The van der Waals surface area contributed by atoms with Gasteiger partial charge >= 0.3 is 0 Å². The summed E-state index contributed by atoms with van der Waals surface area (Å²) >= 11 is 0. The summed E-state index contributed by atoms with van der Waals surface area (Å²) in [6.07, 6.45) is 0. The molecule has 2 aromatic carbocycles. The van der Waals surface area contributed by atoms with Crippen molar-refractivity contribution in [1.29, 1.82) is 0 Å². The maximum Gasteiger partial charge on any atom is 0.118 e. The number of nitrogens with two attached hydrogens (primary N) is 1. The lowest BCUT2D eigenvalue weighted by Crippen LogP contribution is -2.36. The van der Waals surface area contributed by atoms with Gasteiger partial charge in [-0.2, -0.15) is 0 Å². The van der Waals surface area contributed by atoms with Crippen LogP contribution in [0.2, 0.25) is 0 Å². The Hall–Kier alpha value is -1.84. The number of methoxy groups -OCH3 is 1. The van der Waals surface area contributed by atoms with Gasteiger partial charge in [0.15, 0.2) is 0 Å². The van der Waals surface area contributed by atoms with Crippen LogP contribution < -0.4 is 10.5 Å². The minimum absolute atomic E-state index is 0.0482. The van der Waals surface area contributed by atoms with Crippen LogP contribution in [0.5, 0.6) is 5.75 Å². The third-order valence-electron chi connectivity index (χ3n) is 3.71. The summed E-state index contributed by atoms with van der Waals surface area (Å²) in [5, 5.41) is 0. The predicted octanol–water partition coefficient (Wildman–Crippen LogP) is 3.22. The lowest BCUT2D eigenvalue weighted by molar-refractivity contribution is 0.211. The monoisotopic (exact) mass is 284 g/mol. The topological polar surface area (TPSA) is 38.5 Å². The van der Waals surface area contributed by atoms with Crippen molar-refractivity contribution in [2.75, 3.05) is 14.2 Å². The Labute approximate surface area is 127 Å². The van der Waals surface area contributed by atoms with Gasteiger partial charge in [0.05, 0.1) is 7.11 Å². The van der Waals surface area contributed by atoms with Crippen LogP contribution in [0.3, 0.4) is 0 Å². The van der Waals surface area contributed by atoms with E-state index in [4.69, 9.17) is 10.5 Å². The van der Waals surface area contributed by atoms with E-state index >= 15 is 0 Å². The summed E-state index contributed by atoms with van der Waals surface area (Å²) in [4.78, 5) is 2.29. The maximum absolute atomic E-state index is 6.22. The molecule has 2 rings (SSSR count). The Morgan fingerprint density at radius 1 is 1.05 bits per heavy atom. The highest BCUT2D eigenvalue weighted by Gasteiger charge is 2.21. The average Bonchev–Trinajstić information content (AvgIpc) is 2.49. The third-order valence-corrected chi connectivity index (χ3v) is 3.71. The normalized spacial score (nSPS) is 14.0. The fraction of sp³-hybridized carbons (Fsp3) is 0.333. The number of hydrogen-bond acceptors (Lipinski definition) is 3. The number of nitrogens with zero attached hydrogens (tertiary/aromatic N) is 1. The van der Waals surface area contributed by atoms with Crippen molar-refractivity contribution < 1.29 is 4.74 Å². The molecule has 3 nitrogen and oxygen atoms in total. The van der Waals surface area contributed by atoms with Crippen molar-refractivity contribution in [3.05, 3.63) is 65.7 Å². The summed E-state index contributed by atoms with van der Waals surface area (Å²) in [5.74, 6) is 0.868. The Morgan fingerprint density at radius 3 is 2.19 bits per heavy atom. The molecule has 3 heteroatoms. The van der Waals surface area contributed by atoms with E-state index in [-0.39, 0.29) is 12.1 Å². The van der Waals surface area contributed by atoms with Gasteiger partial charge < -0.3 is 10.5 Å². The number of rotatable bonds is 6. The summed E-state index contributed by atoms with van der Waals surface area (Å²) in [6.45, 7) is 2.93. The molecule has 0 aromatic heterocycles. The molecule has 0 saturated heterocycles. The predicted molar refractivity (Wildman–Crippen MR) is 87.3 cm³/mol. The smallest absolute Gasteiger partial charge is 0.118 e. The third kappa shape index (κ3) is 4.06. The molecule has 0 spiro atoms. The summed E-state index contributed by atoms with van der Waals surface area (Å²) < 4.78 is 5.22. The fourth-order valence-electron chi connectivity index (χ4n) is 2.73. The summed E-state index contributed by atoms with van der Waals surface area (Å²) in [5.41, 5.74) is 8.72. The quantitative estimate of drug-likeness (QED) is 0.885. The molecule has 2 atom stereocenters. The van der Waals surface area contributed by atoms with Gasteiger partial charge in [0, 0.05) is 18.6 Å². The molecule has 112 valence electrons. The van der Waals surface area contributed by atoms with E-state index in [2.05, 4.69) is 55.3 Å². The van der Waals surface area contributed by atoms with Crippen LogP contribution in [0, 0.1) is 0 Å². The van der Waals surface area contributed by atoms with Crippen LogP contribution in [-0.2, 0) is 6.54 Å². The van der Waals surface area contributed by atoms with E-state index in [9.17, 15) is 0 Å². The Kier molecular flexibility index (Phi) is 5.37. The largest absolute Gasteiger partial charge is 0.497 e. The first-order chi connectivity index (χ1) is 10.1. The van der Waals surface area contributed by atoms with Crippen molar-refractivity contribution in [1.82, 2.24) is 4.90 Å². The summed E-state index contributed by atoms with van der Waals surface area (Å²) in [7, 11) is 3.80. The first kappa shape index (κ1) is 15.5. The standard InChI is InChI=1S/C18H24N2O/c1-14(19)18(16-9-11-17(21-3)12-10-16)20(2)13-15-7-5-4-6-8-15/h4-12,14,18H,13,19H2,1-3H3. The fourth-order valence-corrected chi connectivity index (χ4v) is 2.73. The second kappa shape index (κ2) is 7.25. The number of ether oxygens (including phenoxy) is 1. The first-order valence-electron chi connectivity index (χ1n) is 7.25. The lowest BCUT2D eigenvalue weighted by Gasteiger charge is -2.31. The van der Waals surface area contributed by atoms with Gasteiger partial charge in [-0.15, -0.1) is 0 Å². The highest BCUT2D eigenvalue weighted by atomic mass is 16.5. The van der Waals surface area contributed by atoms with E-state index < -0.39 is 0 Å². The second-order valence-corrected chi connectivity index (χ2v) is 5.48. The Morgan fingerprint density at radius 2 is 1.67 bits per heavy atom. The van der Waals surface area contributed by atoms with Crippen LogP contribution in [0.25, 0.3) is 0 Å². The molecule has 0 aliphatic heterocycles. The highest BCUT2D eigenvalue weighted by Crippen LogP contribution is 2.25. The van der Waals surface area contributed by atoms with Crippen molar-refractivity contribution in [3.63, 3.8) is 0 Å². The number of hydrogen-bond donors (Lipinski definition) is 1. The molecule has 0 heterocycles. The van der Waals surface area contributed by atoms with Crippen molar-refractivity contribution >= 4 is 0 Å². The van der Waals surface area contributed by atoms with Crippen LogP contribution in [0.15, 0.2) is 54.6 Å². The van der Waals surface area contributed by atoms with Crippen LogP contribution in [-0.4, -0.2) is 25.1 Å². The highest BCUT2D eigenvalue weighted by molar-refractivity contribution is 5.30.